The first kappa shape index (κ1) is 16.0. The molecule has 0 aliphatic carbocycles. The standard InChI is InChI=1S/C15H22BrNO2/c1-4-11(3)10-15(5-2,14(18)19)17-13-8-6-12(16)7-9-13/h6-9,11,17H,4-5,10H2,1-3H3,(H,18,19). The molecule has 1 aromatic rings. The summed E-state index contributed by atoms with van der Waals surface area (Å²) in [6.45, 7) is 6.10. The summed E-state index contributed by atoms with van der Waals surface area (Å²) in [5.41, 5.74) is -0.0424. The van der Waals surface area contributed by atoms with Crippen LogP contribution in [-0.2, 0) is 4.79 Å². The monoisotopic (exact) mass is 327 g/mol. The van der Waals surface area contributed by atoms with Crippen LogP contribution in [0.25, 0.3) is 0 Å². The summed E-state index contributed by atoms with van der Waals surface area (Å²) in [6, 6.07) is 7.61. The van der Waals surface area contributed by atoms with E-state index in [1.54, 1.807) is 0 Å². The van der Waals surface area contributed by atoms with Crippen LogP contribution in [0.15, 0.2) is 28.7 Å². The fourth-order valence-corrected chi connectivity index (χ4v) is 2.39. The lowest BCUT2D eigenvalue weighted by molar-refractivity contribution is -0.143. The third-order valence-corrected chi connectivity index (χ3v) is 4.16. The van der Waals surface area contributed by atoms with Crippen LogP contribution in [0.5, 0.6) is 0 Å². The van der Waals surface area contributed by atoms with Crippen LogP contribution in [0.2, 0.25) is 0 Å². The molecule has 0 bridgehead atoms. The van der Waals surface area contributed by atoms with Gasteiger partial charge in [0.1, 0.15) is 5.54 Å². The van der Waals surface area contributed by atoms with Crippen molar-refractivity contribution in [3.05, 3.63) is 28.7 Å². The molecule has 2 N–H and O–H groups in total. The molecule has 0 aromatic heterocycles. The lowest BCUT2D eigenvalue weighted by Gasteiger charge is -2.32. The lowest BCUT2D eigenvalue weighted by Crippen LogP contribution is -2.47. The zero-order valence-electron chi connectivity index (χ0n) is 11.7. The van der Waals surface area contributed by atoms with E-state index < -0.39 is 11.5 Å². The highest BCUT2D eigenvalue weighted by Gasteiger charge is 2.37. The molecule has 0 saturated carbocycles. The van der Waals surface area contributed by atoms with Crippen molar-refractivity contribution in [2.45, 2.75) is 45.6 Å². The molecule has 106 valence electrons. The van der Waals surface area contributed by atoms with Gasteiger partial charge in [-0.2, -0.15) is 0 Å². The van der Waals surface area contributed by atoms with E-state index in [0.29, 0.717) is 18.8 Å². The van der Waals surface area contributed by atoms with Gasteiger partial charge in [0.05, 0.1) is 0 Å². The van der Waals surface area contributed by atoms with Crippen LogP contribution >= 0.6 is 15.9 Å². The van der Waals surface area contributed by atoms with E-state index >= 15 is 0 Å². The van der Waals surface area contributed by atoms with Gasteiger partial charge < -0.3 is 10.4 Å². The SMILES string of the molecule is CCC(C)CC(CC)(Nc1ccc(Br)cc1)C(=O)O. The Kier molecular flexibility index (Phi) is 5.85. The highest BCUT2D eigenvalue weighted by molar-refractivity contribution is 9.10. The molecule has 2 unspecified atom stereocenters. The molecule has 1 rings (SSSR count). The van der Waals surface area contributed by atoms with Crippen LogP contribution in [0.4, 0.5) is 5.69 Å². The number of hydrogen-bond donors (Lipinski definition) is 2. The molecular formula is C15H22BrNO2. The van der Waals surface area contributed by atoms with Crippen molar-refractivity contribution in [2.24, 2.45) is 5.92 Å². The third-order valence-electron chi connectivity index (χ3n) is 3.63. The molecule has 0 aliphatic rings. The minimum absolute atomic E-state index is 0.374. The van der Waals surface area contributed by atoms with E-state index in [9.17, 15) is 9.90 Å². The minimum Gasteiger partial charge on any atom is -0.480 e. The van der Waals surface area contributed by atoms with Crippen molar-refractivity contribution in [1.82, 2.24) is 0 Å². The molecule has 3 nitrogen and oxygen atoms in total. The fraction of sp³-hybridized carbons (Fsp3) is 0.533. The average Bonchev–Trinajstić information content (AvgIpc) is 2.40. The predicted molar refractivity (Wildman–Crippen MR) is 82.5 cm³/mol. The summed E-state index contributed by atoms with van der Waals surface area (Å²) < 4.78 is 0.984. The Balaban J connectivity index is 2.96. The molecule has 0 saturated heterocycles. The first-order valence-corrected chi connectivity index (χ1v) is 7.50. The Morgan fingerprint density at radius 2 is 1.95 bits per heavy atom. The topological polar surface area (TPSA) is 49.3 Å². The van der Waals surface area contributed by atoms with E-state index in [1.807, 2.05) is 31.2 Å². The summed E-state index contributed by atoms with van der Waals surface area (Å²) >= 11 is 3.38. The number of hydrogen-bond acceptors (Lipinski definition) is 2. The second-order valence-electron chi connectivity index (χ2n) is 5.09. The number of nitrogens with one attached hydrogen (secondary N) is 1. The van der Waals surface area contributed by atoms with Gasteiger partial charge in [0, 0.05) is 10.2 Å². The molecule has 19 heavy (non-hydrogen) atoms. The Labute approximate surface area is 123 Å². The second kappa shape index (κ2) is 6.94. The average molecular weight is 328 g/mol. The number of aliphatic carboxylic acids is 1. The van der Waals surface area contributed by atoms with Gasteiger partial charge in [0.15, 0.2) is 0 Å². The first-order chi connectivity index (χ1) is 8.93. The number of carboxylic acid groups (broad SMARTS) is 1. The zero-order chi connectivity index (χ0) is 14.5. The molecule has 0 fully saturated rings. The van der Waals surface area contributed by atoms with Crippen molar-refractivity contribution in [1.29, 1.82) is 0 Å². The highest BCUT2D eigenvalue weighted by atomic mass is 79.9. The van der Waals surface area contributed by atoms with Crippen molar-refractivity contribution in [2.75, 3.05) is 5.32 Å². The second-order valence-corrected chi connectivity index (χ2v) is 6.01. The van der Waals surface area contributed by atoms with Gasteiger partial charge in [0.25, 0.3) is 0 Å². The predicted octanol–water partition coefficient (Wildman–Crippen LogP) is 4.53. The Hall–Kier alpha value is -1.03. The quantitative estimate of drug-likeness (QED) is 0.773. The van der Waals surface area contributed by atoms with Gasteiger partial charge in [-0.1, -0.05) is 43.1 Å². The molecule has 2 atom stereocenters. The van der Waals surface area contributed by atoms with Crippen molar-refractivity contribution in [3.8, 4) is 0 Å². The number of halogens is 1. The van der Waals surface area contributed by atoms with Crippen LogP contribution in [0.3, 0.4) is 0 Å². The van der Waals surface area contributed by atoms with E-state index in [4.69, 9.17) is 0 Å². The van der Waals surface area contributed by atoms with Gasteiger partial charge in [0.2, 0.25) is 0 Å². The molecule has 0 heterocycles. The normalized spacial score (nSPS) is 15.6. The van der Waals surface area contributed by atoms with E-state index in [-0.39, 0.29) is 0 Å². The third kappa shape index (κ3) is 4.23. The lowest BCUT2D eigenvalue weighted by atomic mass is 9.84. The minimum atomic E-state index is -0.886. The first-order valence-electron chi connectivity index (χ1n) is 6.70. The molecule has 0 aliphatic heterocycles. The van der Waals surface area contributed by atoms with Crippen LogP contribution in [0.1, 0.15) is 40.0 Å². The van der Waals surface area contributed by atoms with Crippen LogP contribution in [-0.4, -0.2) is 16.6 Å². The number of anilines is 1. The van der Waals surface area contributed by atoms with Gasteiger partial charge in [-0.05, 0) is 43.0 Å². The highest BCUT2D eigenvalue weighted by Crippen LogP contribution is 2.28. The fourth-order valence-electron chi connectivity index (χ4n) is 2.12. The summed E-state index contributed by atoms with van der Waals surface area (Å²) in [5, 5.41) is 12.8. The smallest absolute Gasteiger partial charge is 0.329 e. The Bertz CT molecular complexity index is 419. The summed E-state index contributed by atoms with van der Waals surface area (Å²) in [5.74, 6) is -0.405. The zero-order valence-corrected chi connectivity index (χ0v) is 13.3. The van der Waals surface area contributed by atoms with Crippen LogP contribution < -0.4 is 5.32 Å². The molecule has 0 spiro atoms. The van der Waals surface area contributed by atoms with Crippen molar-refractivity contribution >= 4 is 27.6 Å². The van der Waals surface area contributed by atoms with E-state index in [2.05, 4.69) is 35.1 Å². The van der Waals surface area contributed by atoms with E-state index in [1.165, 1.54) is 0 Å². The van der Waals surface area contributed by atoms with E-state index in [0.717, 1.165) is 16.6 Å². The largest absolute Gasteiger partial charge is 0.480 e. The summed E-state index contributed by atoms with van der Waals surface area (Å²) in [4.78, 5) is 11.7. The van der Waals surface area contributed by atoms with Gasteiger partial charge >= 0.3 is 5.97 Å². The maximum Gasteiger partial charge on any atom is 0.329 e. The molecule has 1 aromatic carbocycles. The van der Waals surface area contributed by atoms with Gasteiger partial charge in [-0.3, -0.25) is 0 Å². The molecule has 0 radical (unpaired) electrons. The maximum absolute atomic E-state index is 11.7. The van der Waals surface area contributed by atoms with Crippen LogP contribution in [0, 0.1) is 5.92 Å². The number of carbonyl (C=O) groups is 1. The van der Waals surface area contributed by atoms with Crippen molar-refractivity contribution in [3.63, 3.8) is 0 Å². The number of benzene rings is 1. The summed E-state index contributed by atoms with van der Waals surface area (Å²) in [6.07, 6.45) is 2.17. The number of carboxylic acids is 1. The Morgan fingerprint density at radius 1 is 1.37 bits per heavy atom. The molecule has 0 amide bonds. The van der Waals surface area contributed by atoms with Gasteiger partial charge in [-0.15, -0.1) is 0 Å². The molecular weight excluding hydrogens is 306 g/mol. The summed E-state index contributed by atoms with van der Waals surface area (Å²) in [7, 11) is 0. The Morgan fingerprint density at radius 3 is 2.37 bits per heavy atom. The van der Waals surface area contributed by atoms with Crippen molar-refractivity contribution < 1.29 is 9.90 Å². The molecule has 4 heteroatoms. The maximum atomic E-state index is 11.7. The number of rotatable bonds is 7. The van der Waals surface area contributed by atoms with Gasteiger partial charge in [-0.25, -0.2) is 4.79 Å².